The van der Waals surface area contributed by atoms with Gasteiger partial charge in [0.25, 0.3) is 0 Å². The van der Waals surface area contributed by atoms with Crippen LogP contribution in [0, 0.1) is 0 Å². The van der Waals surface area contributed by atoms with Gasteiger partial charge in [0.15, 0.2) is 0 Å². The molecular weight excluding hydrogens is 126 g/mol. The molecule has 2 nitrogen and oxygen atoms in total. The second kappa shape index (κ2) is 3.38. The average Bonchev–Trinajstić information content (AvgIpc) is 1.69. The number of nitrogens with two attached hydrogens (primary N) is 1. The number of rotatable bonds is 0. The second-order valence-electron chi connectivity index (χ2n) is 1.38. The van der Waals surface area contributed by atoms with Crippen molar-refractivity contribution < 1.29 is 4.74 Å². The maximum absolute atomic E-state index is 5.32. The van der Waals surface area contributed by atoms with Crippen molar-refractivity contribution in [1.29, 1.82) is 0 Å². The van der Waals surface area contributed by atoms with Crippen LogP contribution < -0.4 is 5.73 Å². The van der Waals surface area contributed by atoms with Gasteiger partial charge in [-0.1, -0.05) is 0 Å². The van der Waals surface area contributed by atoms with Gasteiger partial charge in [-0.15, -0.1) is 12.4 Å². The van der Waals surface area contributed by atoms with Crippen molar-refractivity contribution in [3.05, 3.63) is 24.1 Å². The van der Waals surface area contributed by atoms with Gasteiger partial charge in [-0.3, -0.25) is 0 Å². The van der Waals surface area contributed by atoms with Crippen molar-refractivity contribution in [2.75, 3.05) is 6.61 Å². The van der Waals surface area contributed by atoms with E-state index in [0.29, 0.717) is 6.61 Å². The normalized spacial score (nSPS) is 15.8. The fraction of sp³-hybridized carbons (Fsp3) is 0.200. The first kappa shape index (κ1) is 7.37. The molecule has 0 saturated heterocycles. The van der Waals surface area contributed by atoms with Crippen LogP contribution >= 0.6 is 12.4 Å². The molecule has 0 unspecified atom stereocenters. The Hall–Kier alpha value is -0.630. The molecule has 1 aliphatic rings. The predicted molar refractivity (Wildman–Crippen MR) is 34.6 cm³/mol. The van der Waals surface area contributed by atoms with Crippen LogP contribution in [0.5, 0.6) is 0 Å². The van der Waals surface area contributed by atoms with Crippen LogP contribution in [0.25, 0.3) is 0 Å². The van der Waals surface area contributed by atoms with Gasteiger partial charge < -0.3 is 10.5 Å². The summed E-state index contributed by atoms with van der Waals surface area (Å²) in [6.07, 6.45) is 5.22. The Morgan fingerprint density at radius 1 is 1.62 bits per heavy atom. The lowest BCUT2D eigenvalue weighted by Gasteiger charge is -2.02. The highest BCUT2D eigenvalue weighted by Crippen LogP contribution is 1.93. The topological polar surface area (TPSA) is 35.2 Å². The average molecular weight is 134 g/mol. The first-order chi connectivity index (χ1) is 3.39. The molecule has 0 bridgehead atoms. The van der Waals surface area contributed by atoms with Crippen LogP contribution in [0.2, 0.25) is 0 Å². The molecule has 0 radical (unpaired) electrons. The molecule has 0 aromatic carbocycles. The van der Waals surface area contributed by atoms with E-state index in [1.807, 2.05) is 6.08 Å². The Balaban J connectivity index is 0.000000490. The molecular formula is C5H8ClNO. The molecule has 0 aromatic rings. The summed E-state index contributed by atoms with van der Waals surface area (Å²) in [4.78, 5) is 0. The van der Waals surface area contributed by atoms with E-state index in [1.165, 1.54) is 0 Å². The van der Waals surface area contributed by atoms with Crippen LogP contribution in [0.3, 0.4) is 0 Å². The van der Waals surface area contributed by atoms with E-state index in [0.717, 1.165) is 5.70 Å². The molecule has 0 aromatic heterocycles. The lowest BCUT2D eigenvalue weighted by atomic mass is 10.4. The number of hydrogen-bond donors (Lipinski definition) is 1. The first-order valence-electron chi connectivity index (χ1n) is 2.12. The minimum atomic E-state index is 0. The lowest BCUT2D eigenvalue weighted by Crippen LogP contribution is -2.05. The molecule has 0 amide bonds. The van der Waals surface area contributed by atoms with E-state index in [1.54, 1.807) is 12.3 Å². The standard InChI is InChI=1S/C5H7NO.ClH/c6-5-2-1-3-7-4-5;/h1-3H,4,6H2;1H. The first-order valence-corrected chi connectivity index (χ1v) is 2.12. The summed E-state index contributed by atoms with van der Waals surface area (Å²) < 4.78 is 4.81. The van der Waals surface area contributed by atoms with Crippen molar-refractivity contribution in [2.45, 2.75) is 0 Å². The second-order valence-corrected chi connectivity index (χ2v) is 1.38. The third-order valence-corrected chi connectivity index (χ3v) is 0.735. The quantitative estimate of drug-likeness (QED) is 0.531. The van der Waals surface area contributed by atoms with Crippen molar-refractivity contribution in [1.82, 2.24) is 0 Å². The summed E-state index contributed by atoms with van der Waals surface area (Å²) in [7, 11) is 0. The molecule has 0 saturated carbocycles. The monoisotopic (exact) mass is 133 g/mol. The van der Waals surface area contributed by atoms with Crippen LogP contribution in [0.1, 0.15) is 0 Å². The van der Waals surface area contributed by atoms with E-state index < -0.39 is 0 Å². The molecule has 46 valence electrons. The fourth-order valence-corrected chi connectivity index (χ4v) is 0.411. The number of allylic oxidation sites excluding steroid dienone is 2. The van der Waals surface area contributed by atoms with Crippen molar-refractivity contribution in [2.24, 2.45) is 5.73 Å². The zero-order valence-electron chi connectivity index (χ0n) is 4.33. The summed E-state index contributed by atoms with van der Waals surface area (Å²) in [6, 6.07) is 0. The van der Waals surface area contributed by atoms with Crippen LogP contribution in [0.15, 0.2) is 24.1 Å². The van der Waals surface area contributed by atoms with Crippen molar-refractivity contribution >= 4 is 12.4 Å². The highest BCUT2D eigenvalue weighted by Gasteiger charge is 1.88. The zero-order valence-corrected chi connectivity index (χ0v) is 5.15. The van der Waals surface area contributed by atoms with Gasteiger partial charge in [-0.05, 0) is 12.2 Å². The molecule has 1 rings (SSSR count). The predicted octanol–water partition coefficient (Wildman–Crippen LogP) is 0.795. The van der Waals surface area contributed by atoms with E-state index in [2.05, 4.69) is 0 Å². The highest BCUT2D eigenvalue weighted by atomic mass is 35.5. The van der Waals surface area contributed by atoms with Gasteiger partial charge in [0.1, 0.15) is 6.61 Å². The van der Waals surface area contributed by atoms with Gasteiger partial charge >= 0.3 is 0 Å². The van der Waals surface area contributed by atoms with E-state index >= 15 is 0 Å². The molecule has 1 aliphatic heterocycles. The Bertz CT molecular complexity index is 120. The Kier molecular flexibility index (Phi) is 3.12. The summed E-state index contributed by atoms with van der Waals surface area (Å²) in [5.74, 6) is 0. The van der Waals surface area contributed by atoms with Crippen LogP contribution in [-0.4, -0.2) is 6.61 Å². The van der Waals surface area contributed by atoms with Gasteiger partial charge in [0.05, 0.1) is 6.26 Å². The Morgan fingerprint density at radius 2 is 2.38 bits per heavy atom. The highest BCUT2D eigenvalue weighted by molar-refractivity contribution is 5.85. The van der Waals surface area contributed by atoms with E-state index in [4.69, 9.17) is 10.5 Å². The third kappa shape index (κ3) is 1.89. The number of ether oxygens (including phenoxy) is 1. The molecule has 0 fully saturated rings. The Labute approximate surface area is 54.4 Å². The molecule has 3 heteroatoms. The third-order valence-electron chi connectivity index (χ3n) is 0.735. The van der Waals surface area contributed by atoms with Gasteiger partial charge in [0.2, 0.25) is 0 Å². The largest absolute Gasteiger partial charge is 0.495 e. The molecule has 0 atom stereocenters. The van der Waals surface area contributed by atoms with Crippen LogP contribution in [-0.2, 0) is 4.74 Å². The van der Waals surface area contributed by atoms with Gasteiger partial charge in [-0.25, -0.2) is 0 Å². The molecule has 2 N–H and O–H groups in total. The van der Waals surface area contributed by atoms with E-state index in [-0.39, 0.29) is 12.4 Å². The summed E-state index contributed by atoms with van der Waals surface area (Å²) >= 11 is 0. The minimum Gasteiger partial charge on any atom is -0.495 e. The fourth-order valence-electron chi connectivity index (χ4n) is 0.411. The molecule has 0 spiro atoms. The van der Waals surface area contributed by atoms with Gasteiger partial charge in [-0.2, -0.15) is 0 Å². The summed E-state index contributed by atoms with van der Waals surface area (Å²) in [6.45, 7) is 0.538. The zero-order chi connectivity index (χ0) is 5.11. The van der Waals surface area contributed by atoms with Crippen molar-refractivity contribution in [3.63, 3.8) is 0 Å². The van der Waals surface area contributed by atoms with Crippen molar-refractivity contribution in [3.8, 4) is 0 Å². The lowest BCUT2D eigenvalue weighted by molar-refractivity contribution is 0.274. The van der Waals surface area contributed by atoms with Crippen LogP contribution in [0.4, 0.5) is 0 Å². The maximum atomic E-state index is 5.32. The smallest absolute Gasteiger partial charge is 0.127 e. The molecule has 0 aliphatic carbocycles. The SMILES string of the molecule is Cl.NC1=CC=COC1. The molecule has 8 heavy (non-hydrogen) atoms. The summed E-state index contributed by atoms with van der Waals surface area (Å²) in [5.41, 5.74) is 6.10. The molecule has 1 heterocycles. The minimum absolute atomic E-state index is 0. The Morgan fingerprint density at radius 3 is 2.62 bits per heavy atom. The summed E-state index contributed by atoms with van der Waals surface area (Å²) in [5, 5.41) is 0. The number of hydrogen-bond acceptors (Lipinski definition) is 2. The number of halogens is 1. The van der Waals surface area contributed by atoms with E-state index in [9.17, 15) is 0 Å². The van der Waals surface area contributed by atoms with Gasteiger partial charge in [0, 0.05) is 5.70 Å². The maximum Gasteiger partial charge on any atom is 0.127 e.